The van der Waals surface area contributed by atoms with Gasteiger partial charge in [0.25, 0.3) is 0 Å². The molecule has 0 aliphatic heterocycles. The highest BCUT2D eigenvalue weighted by Gasteiger charge is 2.09. The molecule has 1 aromatic carbocycles. The van der Waals surface area contributed by atoms with E-state index in [0.29, 0.717) is 6.54 Å². The molecule has 3 rings (SSSR count). The first-order valence-corrected chi connectivity index (χ1v) is 6.63. The van der Waals surface area contributed by atoms with Crippen LogP contribution in [0.2, 0.25) is 0 Å². The number of rotatable bonds is 5. The molecule has 0 unspecified atom stereocenters. The van der Waals surface area contributed by atoms with Gasteiger partial charge in [-0.05, 0) is 31.2 Å². The van der Waals surface area contributed by atoms with Crippen molar-refractivity contribution in [1.82, 2.24) is 9.55 Å². The van der Waals surface area contributed by atoms with Crippen LogP contribution in [0.4, 0.5) is 5.95 Å². The summed E-state index contributed by atoms with van der Waals surface area (Å²) in [7, 11) is 0. The molecule has 0 radical (unpaired) electrons. The first kappa shape index (κ1) is 12.5. The molecule has 102 valence electrons. The molecule has 0 aliphatic carbocycles. The highest BCUT2D eigenvalue weighted by Crippen LogP contribution is 2.20. The number of allylic oxidation sites excluding steroid dienone is 1. The Bertz CT molecular complexity index is 739. The molecule has 4 nitrogen and oxygen atoms in total. The monoisotopic (exact) mass is 267 g/mol. The van der Waals surface area contributed by atoms with Crippen molar-refractivity contribution in [3.05, 3.63) is 60.6 Å². The molecule has 1 N–H and O–H groups in total. The Morgan fingerprint density at radius 2 is 2.15 bits per heavy atom. The average Bonchev–Trinajstić information content (AvgIpc) is 3.02. The number of benzene rings is 1. The van der Waals surface area contributed by atoms with E-state index in [9.17, 15) is 0 Å². The highest BCUT2D eigenvalue weighted by atomic mass is 16.3. The first-order chi connectivity index (χ1) is 9.78. The van der Waals surface area contributed by atoms with Crippen molar-refractivity contribution in [2.75, 3.05) is 5.32 Å². The van der Waals surface area contributed by atoms with Gasteiger partial charge in [0.1, 0.15) is 11.5 Å². The van der Waals surface area contributed by atoms with E-state index >= 15 is 0 Å². The van der Waals surface area contributed by atoms with Gasteiger partial charge in [0.15, 0.2) is 0 Å². The molecule has 20 heavy (non-hydrogen) atoms. The SMILES string of the molecule is C=CCn1c(NCc2ccc(C)o2)nc2ccccc21. The third-order valence-corrected chi connectivity index (χ3v) is 3.18. The zero-order valence-corrected chi connectivity index (χ0v) is 11.5. The second-order valence-corrected chi connectivity index (χ2v) is 4.69. The van der Waals surface area contributed by atoms with E-state index in [1.54, 1.807) is 0 Å². The lowest BCUT2D eigenvalue weighted by Crippen LogP contribution is -2.06. The third-order valence-electron chi connectivity index (χ3n) is 3.18. The molecule has 0 spiro atoms. The van der Waals surface area contributed by atoms with Gasteiger partial charge in [-0.1, -0.05) is 18.2 Å². The highest BCUT2D eigenvalue weighted by molar-refractivity contribution is 5.78. The molecule has 4 heteroatoms. The number of nitrogens with zero attached hydrogens (tertiary/aromatic N) is 2. The van der Waals surface area contributed by atoms with Gasteiger partial charge >= 0.3 is 0 Å². The van der Waals surface area contributed by atoms with Gasteiger partial charge in [0.05, 0.1) is 17.6 Å². The van der Waals surface area contributed by atoms with Gasteiger partial charge in [-0.3, -0.25) is 0 Å². The molecule has 2 heterocycles. The Kier molecular flexibility index (Phi) is 3.29. The molecule has 0 saturated heterocycles. The van der Waals surface area contributed by atoms with E-state index in [4.69, 9.17) is 4.42 Å². The van der Waals surface area contributed by atoms with Crippen molar-refractivity contribution in [1.29, 1.82) is 0 Å². The minimum atomic E-state index is 0.619. The molecular weight excluding hydrogens is 250 g/mol. The van der Waals surface area contributed by atoms with Crippen molar-refractivity contribution in [3.63, 3.8) is 0 Å². The van der Waals surface area contributed by atoms with Crippen molar-refractivity contribution >= 4 is 17.0 Å². The summed E-state index contributed by atoms with van der Waals surface area (Å²) in [6.45, 7) is 7.09. The van der Waals surface area contributed by atoms with Gasteiger partial charge < -0.3 is 14.3 Å². The number of furan rings is 1. The van der Waals surface area contributed by atoms with Crippen molar-refractivity contribution in [2.45, 2.75) is 20.0 Å². The van der Waals surface area contributed by atoms with Crippen LogP contribution in [0.15, 0.2) is 53.5 Å². The normalized spacial score (nSPS) is 10.8. The van der Waals surface area contributed by atoms with E-state index in [1.807, 2.05) is 43.3 Å². The number of para-hydroxylation sites is 2. The molecule has 0 aliphatic rings. The van der Waals surface area contributed by atoms with E-state index < -0.39 is 0 Å². The van der Waals surface area contributed by atoms with Crippen molar-refractivity contribution in [2.24, 2.45) is 0 Å². The predicted molar refractivity (Wildman–Crippen MR) is 80.7 cm³/mol. The summed E-state index contributed by atoms with van der Waals surface area (Å²) in [6, 6.07) is 12.0. The second-order valence-electron chi connectivity index (χ2n) is 4.69. The number of anilines is 1. The zero-order chi connectivity index (χ0) is 13.9. The van der Waals surface area contributed by atoms with E-state index in [2.05, 4.69) is 27.5 Å². The van der Waals surface area contributed by atoms with Crippen LogP contribution in [0.1, 0.15) is 11.5 Å². The number of aromatic nitrogens is 2. The molecule has 3 aromatic rings. The summed E-state index contributed by atoms with van der Waals surface area (Å²) in [4.78, 5) is 4.62. The quantitative estimate of drug-likeness (QED) is 0.716. The van der Waals surface area contributed by atoms with Gasteiger partial charge in [-0.15, -0.1) is 6.58 Å². The van der Waals surface area contributed by atoms with Crippen molar-refractivity contribution in [3.8, 4) is 0 Å². The minimum absolute atomic E-state index is 0.619. The van der Waals surface area contributed by atoms with Crippen LogP contribution in [-0.4, -0.2) is 9.55 Å². The average molecular weight is 267 g/mol. The summed E-state index contributed by atoms with van der Waals surface area (Å²) < 4.78 is 7.67. The number of hydrogen-bond donors (Lipinski definition) is 1. The molecule has 0 atom stereocenters. The van der Waals surface area contributed by atoms with E-state index in [1.165, 1.54) is 0 Å². The standard InChI is InChI=1S/C16H17N3O/c1-3-10-19-15-7-5-4-6-14(15)18-16(19)17-11-13-9-8-12(2)20-13/h3-9H,1,10-11H2,2H3,(H,17,18). The molecule has 2 aromatic heterocycles. The predicted octanol–water partition coefficient (Wildman–Crippen LogP) is 3.74. The van der Waals surface area contributed by atoms with Crippen LogP contribution in [0.5, 0.6) is 0 Å². The van der Waals surface area contributed by atoms with Crippen LogP contribution in [0.25, 0.3) is 11.0 Å². The number of nitrogens with one attached hydrogen (secondary N) is 1. The molecule has 0 fully saturated rings. The fraction of sp³-hybridized carbons (Fsp3) is 0.188. The lowest BCUT2D eigenvalue weighted by atomic mass is 10.3. The van der Waals surface area contributed by atoms with Crippen LogP contribution < -0.4 is 5.32 Å². The van der Waals surface area contributed by atoms with Gasteiger partial charge in [-0.2, -0.15) is 0 Å². The Morgan fingerprint density at radius 1 is 1.30 bits per heavy atom. The summed E-state index contributed by atoms with van der Waals surface area (Å²) in [5.41, 5.74) is 2.08. The van der Waals surface area contributed by atoms with Crippen LogP contribution in [-0.2, 0) is 13.1 Å². The number of fused-ring (bicyclic) bond motifs is 1. The molecule has 0 saturated carbocycles. The fourth-order valence-corrected chi connectivity index (χ4v) is 2.27. The molecule has 0 bridgehead atoms. The maximum absolute atomic E-state index is 5.56. The Morgan fingerprint density at radius 3 is 2.90 bits per heavy atom. The number of imidazole rings is 1. The Labute approximate surface area is 117 Å². The summed E-state index contributed by atoms with van der Waals surface area (Å²) >= 11 is 0. The maximum Gasteiger partial charge on any atom is 0.204 e. The lowest BCUT2D eigenvalue weighted by molar-refractivity contribution is 0.490. The zero-order valence-electron chi connectivity index (χ0n) is 11.5. The number of aryl methyl sites for hydroxylation is 1. The summed E-state index contributed by atoms with van der Waals surface area (Å²) in [5, 5.41) is 3.33. The molecular formula is C16H17N3O. The van der Waals surface area contributed by atoms with Crippen LogP contribution >= 0.6 is 0 Å². The van der Waals surface area contributed by atoms with Gasteiger partial charge in [-0.25, -0.2) is 4.98 Å². The largest absolute Gasteiger partial charge is 0.465 e. The van der Waals surface area contributed by atoms with Crippen molar-refractivity contribution < 1.29 is 4.42 Å². The number of hydrogen-bond acceptors (Lipinski definition) is 3. The van der Waals surface area contributed by atoms with E-state index in [-0.39, 0.29) is 0 Å². The van der Waals surface area contributed by atoms with E-state index in [0.717, 1.165) is 35.0 Å². The summed E-state index contributed by atoms with van der Waals surface area (Å²) in [6.07, 6.45) is 1.87. The minimum Gasteiger partial charge on any atom is -0.465 e. The van der Waals surface area contributed by atoms with Crippen LogP contribution in [0.3, 0.4) is 0 Å². The maximum atomic E-state index is 5.56. The molecule has 0 amide bonds. The third kappa shape index (κ3) is 2.32. The lowest BCUT2D eigenvalue weighted by Gasteiger charge is -2.07. The van der Waals surface area contributed by atoms with Crippen LogP contribution in [0, 0.1) is 6.92 Å². The summed E-state index contributed by atoms with van der Waals surface area (Å²) in [5.74, 6) is 2.65. The topological polar surface area (TPSA) is 43.0 Å². The van der Waals surface area contributed by atoms with Gasteiger partial charge in [0.2, 0.25) is 5.95 Å². The smallest absolute Gasteiger partial charge is 0.204 e. The second kappa shape index (κ2) is 5.25. The Hall–Kier alpha value is -2.49. The van der Waals surface area contributed by atoms with Gasteiger partial charge in [0, 0.05) is 6.54 Å². The Balaban J connectivity index is 1.89. The fourth-order valence-electron chi connectivity index (χ4n) is 2.27. The first-order valence-electron chi connectivity index (χ1n) is 6.63.